The van der Waals surface area contributed by atoms with Gasteiger partial charge in [-0.2, -0.15) is 13.2 Å². The Balaban J connectivity index is 1.72. The molecule has 1 nitrogen and oxygen atoms in total. The van der Waals surface area contributed by atoms with Crippen LogP contribution in [-0.2, 0) is 25.7 Å². The quantitative estimate of drug-likeness (QED) is 0.622. The monoisotopic (exact) mass is 403 g/mol. The predicted molar refractivity (Wildman–Crippen MR) is 88.4 cm³/mol. The zero-order valence-corrected chi connectivity index (χ0v) is 14.5. The van der Waals surface area contributed by atoms with Crippen LogP contribution in [0.25, 0.3) is 0 Å². The third-order valence-corrected chi connectivity index (χ3v) is 4.81. The highest BCUT2D eigenvalue weighted by Crippen LogP contribution is 2.32. The van der Waals surface area contributed by atoms with Crippen molar-refractivity contribution in [3.05, 3.63) is 68.1 Å². The lowest BCUT2D eigenvalue weighted by Crippen LogP contribution is -2.30. The summed E-state index contributed by atoms with van der Waals surface area (Å²) in [6.45, 7) is 2.19. The highest BCUT2D eigenvalue weighted by Gasteiger charge is 2.30. The van der Waals surface area contributed by atoms with E-state index in [1.165, 1.54) is 5.56 Å². The molecule has 1 aliphatic rings. The van der Waals surface area contributed by atoms with Gasteiger partial charge in [0.2, 0.25) is 0 Å². The Labute approximate surface area is 146 Å². The molecule has 0 saturated carbocycles. The molecule has 0 amide bonds. The molecule has 23 heavy (non-hydrogen) atoms. The van der Waals surface area contributed by atoms with Crippen molar-refractivity contribution < 1.29 is 13.2 Å². The van der Waals surface area contributed by atoms with E-state index < -0.39 is 11.7 Å². The van der Waals surface area contributed by atoms with Crippen LogP contribution in [0.3, 0.4) is 0 Å². The third-order valence-electron chi connectivity index (χ3n) is 4.02. The molecule has 2 aromatic rings. The second-order valence-corrected chi connectivity index (χ2v) is 7.00. The second kappa shape index (κ2) is 6.46. The van der Waals surface area contributed by atoms with Crippen LogP contribution in [0.15, 0.2) is 40.9 Å². The van der Waals surface area contributed by atoms with Gasteiger partial charge in [-0.15, -0.1) is 0 Å². The normalized spacial score (nSPS) is 15.5. The molecule has 1 heterocycles. The van der Waals surface area contributed by atoms with E-state index in [2.05, 4.69) is 26.9 Å². The molecule has 122 valence electrons. The average Bonchev–Trinajstić information content (AvgIpc) is 2.47. The molecule has 3 rings (SSSR count). The number of fused-ring (bicyclic) bond motifs is 1. The van der Waals surface area contributed by atoms with Gasteiger partial charge in [0.25, 0.3) is 0 Å². The minimum absolute atomic E-state index is 0.613. The van der Waals surface area contributed by atoms with Gasteiger partial charge < -0.3 is 0 Å². The fourth-order valence-electron chi connectivity index (χ4n) is 2.83. The van der Waals surface area contributed by atoms with Crippen LogP contribution < -0.4 is 0 Å². The van der Waals surface area contributed by atoms with Gasteiger partial charge in [-0.05, 0) is 47.4 Å². The molecular formula is C17H14BrClF3N. The van der Waals surface area contributed by atoms with Gasteiger partial charge in [0.05, 0.1) is 5.56 Å². The summed E-state index contributed by atoms with van der Waals surface area (Å²) in [7, 11) is 0. The molecule has 0 N–H and O–H groups in total. The first-order chi connectivity index (χ1) is 10.8. The molecule has 0 aromatic heterocycles. The van der Waals surface area contributed by atoms with Crippen LogP contribution >= 0.6 is 27.5 Å². The SMILES string of the molecule is FC(F)(F)c1ccc(CN2CCc3cc(Br)cc(Cl)c3C2)cc1. The van der Waals surface area contributed by atoms with Gasteiger partial charge in [0, 0.05) is 29.1 Å². The third kappa shape index (κ3) is 3.90. The lowest BCUT2D eigenvalue weighted by Gasteiger charge is -2.29. The summed E-state index contributed by atoms with van der Waals surface area (Å²) in [6, 6.07) is 9.32. The maximum atomic E-state index is 12.6. The van der Waals surface area contributed by atoms with Crippen LogP contribution in [0.2, 0.25) is 5.02 Å². The number of nitrogens with zero attached hydrogens (tertiary/aromatic N) is 1. The molecule has 1 aliphatic heterocycles. The summed E-state index contributed by atoms with van der Waals surface area (Å²) >= 11 is 9.75. The lowest BCUT2D eigenvalue weighted by atomic mass is 9.99. The molecule has 0 bridgehead atoms. The van der Waals surface area contributed by atoms with E-state index >= 15 is 0 Å². The lowest BCUT2D eigenvalue weighted by molar-refractivity contribution is -0.137. The molecule has 2 aromatic carbocycles. The minimum Gasteiger partial charge on any atom is -0.294 e. The van der Waals surface area contributed by atoms with Gasteiger partial charge >= 0.3 is 6.18 Å². The summed E-state index contributed by atoms with van der Waals surface area (Å²) in [5.41, 5.74) is 2.59. The summed E-state index contributed by atoms with van der Waals surface area (Å²) < 4.78 is 38.7. The van der Waals surface area contributed by atoms with E-state index in [0.717, 1.165) is 45.7 Å². The molecule has 0 unspecified atom stereocenters. The molecule has 0 radical (unpaired) electrons. The van der Waals surface area contributed by atoms with Crippen LogP contribution in [-0.4, -0.2) is 11.4 Å². The Morgan fingerprint density at radius 2 is 1.83 bits per heavy atom. The topological polar surface area (TPSA) is 3.24 Å². The standard InChI is InChI=1S/C17H14BrClF3N/c18-14-7-12-5-6-23(10-15(12)16(19)8-14)9-11-1-3-13(4-2-11)17(20,21)22/h1-4,7-8H,5-6,9-10H2. The molecular weight excluding hydrogens is 391 g/mol. The molecule has 0 aliphatic carbocycles. The Kier molecular flexibility index (Phi) is 4.72. The Hall–Kier alpha value is -1.04. The van der Waals surface area contributed by atoms with Crippen LogP contribution in [0.1, 0.15) is 22.3 Å². The van der Waals surface area contributed by atoms with Gasteiger partial charge in [-0.1, -0.05) is 39.7 Å². The number of rotatable bonds is 2. The van der Waals surface area contributed by atoms with Crippen molar-refractivity contribution in [3.63, 3.8) is 0 Å². The first-order valence-corrected chi connectivity index (χ1v) is 8.35. The molecule has 0 fully saturated rings. The Morgan fingerprint density at radius 1 is 1.13 bits per heavy atom. The summed E-state index contributed by atoms with van der Waals surface area (Å²) in [6.07, 6.45) is -3.40. The van der Waals surface area contributed by atoms with Crippen LogP contribution in [0.4, 0.5) is 13.2 Å². The number of benzene rings is 2. The van der Waals surface area contributed by atoms with Crippen molar-refractivity contribution in [1.29, 1.82) is 0 Å². The summed E-state index contributed by atoms with van der Waals surface area (Å²) in [5.74, 6) is 0. The molecule has 0 spiro atoms. The van der Waals surface area contributed by atoms with Crippen LogP contribution in [0.5, 0.6) is 0 Å². The average molecular weight is 405 g/mol. The highest BCUT2D eigenvalue weighted by molar-refractivity contribution is 9.10. The summed E-state index contributed by atoms with van der Waals surface area (Å²) in [5, 5.41) is 0.728. The highest BCUT2D eigenvalue weighted by atomic mass is 79.9. The maximum absolute atomic E-state index is 12.6. The Morgan fingerprint density at radius 3 is 2.48 bits per heavy atom. The molecule has 6 heteroatoms. The van der Waals surface area contributed by atoms with Crippen molar-refractivity contribution >= 4 is 27.5 Å². The van der Waals surface area contributed by atoms with Crippen molar-refractivity contribution in [3.8, 4) is 0 Å². The van der Waals surface area contributed by atoms with E-state index in [1.54, 1.807) is 12.1 Å². The van der Waals surface area contributed by atoms with Crippen molar-refractivity contribution in [1.82, 2.24) is 4.90 Å². The number of hydrogen-bond donors (Lipinski definition) is 0. The van der Waals surface area contributed by atoms with E-state index in [0.29, 0.717) is 13.1 Å². The fourth-order valence-corrected chi connectivity index (χ4v) is 3.77. The van der Waals surface area contributed by atoms with Crippen molar-refractivity contribution in [2.45, 2.75) is 25.7 Å². The smallest absolute Gasteiger partial charge is 0.294 e. The number of hydrogen-bond acceptors (Lipinski definition) is 1. The minimum atomic E-state index is -4.29. The fraction of sp³-hybridized carbons (Fsp3) is 0.294. The number of alkyl halides is 3. The maximum Gasteiger partial charge on any atom is 0.416 e. The largest absolute Gasteiger partial charge is 0.416 e. The first-order valence-electron chi connectivity index (χ1n) is 7.18. The van der Waals surface area contributed by atoms with Crippen molar-refractivity contribution in [2.24, 2.45) is 0 Å². The zero-order valence-electron chi connectivity index (χ0n) is 12.1. The summed E-state index contributed by atoms with van der Waals surface area (Å²) in [4.78, 5) is 2.20. The van der Waals surface area contributed by atoms with Gasteiger partial charge in [0.15, 0.2) is 0 Å². The van der Waals surface area contributed by atoms with E-state index in [4.69, 9.17) is 11.6 Å². The van der Waals surface area contributed by atoms with Gasteiger partial charge in [-0.25, -0.2) is 0 Å². The molecule has 0 saturated heterocycles. The predicted octanol–water partition coefficient (Wildman–Crippen LogP) is 5.68. The van der Waals surface area contributed by atoms with E-state index in [1.807, 2.05) is 6.07 Å². The van der Waals surface area contributed by atoms with E-state index in [-0.39, 0.29) is 0 Å². The van der Waals surface area contributed by atoms with Gasteiger partial charge in [0.1, 0.15) is 0 Å². The van der Waals surface area contributed by atoms with Crippen LogP contribution in [0, 0.1) is 0 Å². The molecule has 0 atom stereocenters. The Bertz CT molecular complexity index is 713. The van der Waals surface area contributed by atoms with Crippen molar-refractivity contribution in [2.75, 3.05) is 6.54 Å². The number of halogens is 5. The first kappa shape index (κ1) is 16.8. The van der Waals surface area contributed by atoms with E-state index in [9.17, 15) is 13.2 Å². The zero-order chi connectivity index (χ0) is 16.6. The second-order valence-electron chi connectivity index (χ2n) is 5.68. The van der Waals surface area contributed by atoms with Gasteiger partial charge in [-0.3, -0.25) is 4.90 Å².